The quantitative estimate of drug-likeness (QED) is 0.839. The third-order valence-corrected chi connectivity index (χ3v) is 4.86. The topological polar surface area (TPSA) is 88.2 Å². The zero-order valence-electron chi connectivity index (χ0n) is 16.4. The molecule has 7 heteroatoms. The maximum atomic E-state index is 12.7. The first kappa shape index (κ1) is 19.2. The van der Waals surface area contributed by atoms with Gasteiger partial charge in [-0.05, 0) is 25.0 Å². The highest BCUT2D eigenvalue weighted by atomic mass is 16.2. The van der Waals surface area contributed by atoms with E-state index in [0.29, 0.717) is 18.9 Å². The molecule has 1 unspecified atom stereocenters. The van der Waals surface area contributed by atoms with Gasteiger partial charge in [-0.1, -0.05) is 25.8 Å². The zero-order valence-corrected chi connectivity index (χ0v) is 16.4. The molecular formula is C20H28N6O. The summed E-state index contributed by atoms with van der Waals surface area (Å²) in [6.07, 6.45) is 5.20. The summed E-state index contributed by atoms with van der Waals surface area (Å²) in [4.78, 5) is 30.4. The van der Waals surface area contributed by atoms with Crippen molar-refractivity contribution in [3.8, 4) is 11.5 Å². The lowest BCUT2D eigenvalue weighted by Crippen LogP contribution is -2.46. The van der Waals surface area contributed by atoms with Gasteiger partial charge in [-0.2, -0.15) is 0 Å². The van der Waals surface area contributed by atoms with Crippen molar-refractivity contribution in [1.29, 1.82) is 0 Å². The molecule has 2 aromatic rings. The number of carbonyl (C=O) groups is 1. The van der Waals surface area contributed by atoms with Gasteiger partial charge in [0, 0.05) is 32.4 Å². The molecule has 3 heterocycles. The molecule has 0 saturated heterocycles. The predicted octanol–water partition coefficient (Wildman–Crippen LogP) is 2.01. The van der Waals surface area contributed by atoms with Crippen molar-refractivity contribution in [2.24, 2.45) is 5.73 Å². The Hall–Kier alpha value is -2.54. The largest absolute Gasteiger partial charge is 0.362 e. The van der Waals surface area contributed by atoms with Crippen LogP contribution in [0.1, 0.15) is 37.4 Å². The highest BCUT2D eigenvalue weighted by Gasteiger charge is 2.28. The smallest absolute Gasteiger partial charge is 0.239 e. The van der Waals surface area contributed by atoms with Crippen LogP contribution >= 0.6 is 0 Å². The molecule has 7 nitrogen and oxygen atoms in total. The Kier molecular flexibility index (Phi) is 6.01. The van der Waals surface area contributed by atoms with Crippen LogP contribution in [0.4, 0.5) is 5.82 Å². The Morgan fingerprint density at radius 3 is 2.81 bits per heavy atom. The van der Waals surface area contributed by atoms with Gasteiger partial charge in [0.2, 0.25) is 5.91 Å². The van der Waals surface area contributed by atoms with Crippen LogP contribution in [0.5, 0.6) is 0 Å². The summed E-state index contributed by atoms with van der Waals surface area (Å²) in [6, 6.07) is 5.25. The van der Waals surface area contributed by atoms with Crippen LogP contribution in [-0.2, 0) is 17.8 Å². The van der Waals surface area contributed by atoms with Crippen molar-refractivity contribution in [2.45, 2.75) is 45.2 Å². The van der Waals surface area contributed by atoms with Gasteiger partial charge in [-0.25, -0.2) is 9.97 Å². The van der Waals surface area contributed by atoms with Crippen molar-refractivity contribution < 1.29 is 4.79 Å². The van der Waals surface area contributed by atoms with E-state index in [2.05, 4.69) is 11.9 Å². The van der Waals surface area contributed by atoms with Gasteiger partial charge >= 0.3 is 0 Å². The van der Waals surface area contributed by atoms with Crippen LogP contribution < -0.4 is 10.6 Å². The number of nitrogens with zero attached hydrogens (tertiary/aromatic N) is 5. The van der Waals surface area contributed by atoms with Crippen LogP contribution in [0.3, 0.4) is 0 Å². The van der Waals surface area contributed by atoms with Crippen molar-refractivity contribution in [3.05, 3.63) is 35.7 Å². The van der Waals surface area contributed by atoms with E-state index in [1.165, 1.54) is 0 Å². The number of carbonyl (C=O) groups excluding carboxylic acids is 1. The number of anilines is 1. The number of amides is 1. The number of hydrogen-bond donors (Lipinski definition) is 1. The molecule has 0 bridgehead atoms. The summed E-state index contributed by atoms with van der Waals surface area (Å²) in [5.41, 5.74) is 8.83. The highest BCUT2D eigenvalue weighted by Crippen LogP contribution is 2.28. The average Bonchev–Trinajstić information content (AvgIpc) is 2.70. The van der Waals surface area contributed by atoms with E-state index in [-0.39, 0.29) is 5.91 Å². The summed E-state index contributed by atoms with van der Waals surface area (Å²) in [6.45, 7) is 3.23. The minimum atomic E-state index is -0.433. The van der Waals surface area contributed by atoms with Crippen LogP contribution in [0.25, 0.3) is 11.5 Å². The Bertz CT molecular complexity index is 793. The molecule has 0 fully saturated rings. The molecule has 1 aliphatic heterocycles. The molecule has 27 heavy (non-hydrogen) atoms. The van der Waals surface area contributed by atoms with Gasteiger partial charge in [0.25, 0.3) is 0 Å². The van der Waals surface area contributed by atoms with Crippen LogP contribution in [-0.4, -0.2) is 52.4 Å². The Morgan fingerprint density at radius 1 is 1.33 bits per heavy atom. The molecule has 0 aliphatic carbocycles. The fourth-order valence-electron chi connectivity index (χ4n) is 3.36. The van der Waals surface area contributed by atoms with E-state index in [4.69, 9.17) is 15.7 Å². The molecule has 0 radical (unpaired) electrons. The normalized spacial score (nSPS) is 14.6. The van der Waals surface area contributed by atoms with E-state index in [9.17, 15) is 4.79 Å². The molecule has 144 valence electrons. The third-order valence-electron chi connectivity index (χ3n) is 4.86. The lowest BCUT2D eigenvalue weighted by molar-refractivity contribution is -0.133. The first-order valence-electron chi connectivity index (χ1n) is 9.54. The van der Waals surface area contributed by atoms with Crippen LogP contribution in [0, 0.1) is 0 Å². The number of hydrogen-bond acceptors (Lipinski definition) is 6. The molecule has 0 spiro atoms. The second-order valence-corrected chi connectivity index (χ2v) is 7.16. The third kappa shape index (κ3) is 4.24. The SMILES string of the molecule is CCCCC(N)C(=O)N1CCc2c(nc(-c3ccccn3)nc2N(C)C)C1. The van der Waals surface area contributed by atoms with Gasteiger partial charge < -0.3 is 15.5 Å². The Balaban J connectivity index is 1.90. The van der Waals surface area contributed by atoms with Gasteiger partial charge in [-0.15, -0.1) is 0 Å². The monoisotopic (exact) mass is 368 g/mol. The molecular weight excluding hydrogens is 340 g/mol. The van der Waals surface area contributed by atoms with E-state index in [1.54, 1.807) is 6.20 Å². The maximum Gasteiger partial charge on any atom is 0.239 e. The van der Waals surface area contributed by atoms with E-state index < -0.39 is 6.04 Å². The lowest BCUT2D eigenvalue weighted by Gasteiger charge is -2.32. The molecule has 0 saturated carbocycles. The number of pyridine rings is 1. The zero-order chi connectivity index (χ0) is 19.4. The first-order valence-corrected chi connectivity index (χ1v) is 9.54. The number of rotatable bonds is 6. The molecule has 1 atom stereocenters. The average molecular weight is 368 g/mol. The summed E-state index contributed by atoms with van der Waals surface area (Å²) < 4.78 is 0. The molecule has 0 aromatic carbocycles. The van der Waals surface area contributed by atoms with Crippen molar-refractivity contribution in [2.75, 3.05) is 25.5 Å². The molecule has 1 amide bonds. The standard InChI is InChI=1S/C20H28N6O/c1-4-5-8-15(21)20(27)26-12-10-14-17(13-26)23-18(24-19(14)25(2)3)16-9-6-7-11-22-16/h6-7,9,11,15H,4-5,8,10,12-13,21H2,1-3H3. The minimum Gasteiger partial charge on any atom is -0.362 e. The predicted molar refractivity (Wildman–Crippen MR) is 106 cm³/mol. The van der Waals surface area contributed by atoms with E-state index in [0.717, 1.165) is 48.5 Å². The maximum absolute atomic E-state index is 12.7. The second kappa shape index (κ2) is 8.43. The summed E-state index contributed by atoms with van der Waals surface area (Å²) in [7, 11) is 3.95. The van der Waals surface area contributed by atoms with E-state index >= 15 is 0 Å². The van der Waals surface area contributed by atoms with Crippen molar-refractivity contribution >= 4 is 11.7 Å². The fraction of sp³-hybridized carbons (Fsp3) is 0.500. The molecule has 2 N–H and O–H groups in total. The Morgan fingerprint density at radius 2 is 2.15 bits per heavy atom. The van der Waals surface area contributed by atoms with Crippen LogP contribution in [0.15, 0.2) is 24.4 Å². The molecule has 3 rings (SSSR count). The number of fused-ring (bicyclic) bond motifs is 1. The van der Waals surface area contributed by atoms with Gasteiger partial charge in [0.05, 0.1) is 18.3 Å². The second-order valence-electron chi connectivity index (χ2n) is 7.16. The highest BCUT2D eigenvalue weighted by molar-refractivity contribution is 5.82. The molecule has 1 aliphatic rings. The van der Waals surface area contributed by atoms with Gasteiger partial charge in [0.15, 0.2) is 5.82 Å². The number of aromatic nitrogens is 3. The van der Waals surface area contributed by atoms with Gasteiger partial charge in [0.1, 0.15) is 11.5 Å². The summed E-state index contributed by atoms with van der Waals surface area (Å²) >= 11 is 0. The van der Waals surface area contributed by atoms with E-state index in [1.807, 2.05) is 42.1 Å². The van der Waals surface area contributed by atoms with Crippen molar-refractivity contribution in [3.63, 3.8) is 0 Å². The number of unbranched alkanes of at least 4 members (excludes halogenated alkanes) is 1. The fourth-order valence-corrected chi connectivity index (χ4v) is 3.36. The summed E-state index contributed by atoms with van der Waals surface area (Å²) in [5.74, 6) is 1.49. The Labute approximate surface area is 160 Å². The van der Waals surface area contributed by atoms with Crippen LogP contribution in [0.2, 0.25) is 0 Å². The van der Waals surface area contributed by atoms with Gasteiger partial charge in [-0.3, -0.25) is 9.78 Å². The molecule has 2 aromatic heterocycles. The van der Waals surface area contributed by atoms with Crippen molar-refractivity contribution in [1.82, 2.24) is 19.9 Å². The first-order chi connectivity index (χ1) is 13.0. The summed E-state index contributed by atoms with van der Waals surface area (Å²) in [5, 5.41) is 0. The minimum absolute atomic E-state index is 0.0125. The number of nitrogens with two attached hydrogens (primary N) is 1. The lowest BCUT2D eigenvalue weighted by atomic mass is 10.0.